The van der Waals surface area contributed by atoms with Crippen LogP contribution in [0.2, 0.25) is 0 Å². The van der Waals surface area contributed by atoms with Crippen molar-refractivity contribution in [1.29, 1.82) is 0 Å². The first-order chi connectivity index (χ1) is 12.7. The number of hydrogen-bond donors (Lipinski definition) is 2. The Morgan fingerprint density at radius 1 is 1.12 bits per heavy atom. The highest BCUT2D eigenvalue weighted by atomic mass is 16.5. The van der Waals surface area contributed by atoms with E-state index in [0.29, 0.717) is 17.5 Å². The van der Waals surface area contributed by atoms with Crippen molar-refractivity contribution in [2.24, 2.45) is 0 Å². The molecule has 0 aliphatic heterocycles. The standard InChI is InChI=1S/C19H17N5O2/c1-12-5-3-4-6-14(12)18-22-19(24-23-18)21-13-7-8-15(16(9-13)25-2)17-10-20-11-26-17/h3-11H,1-2H3,(H2,21,22,23,24). The quantitative estimate of drug-likeness (QED) is 0.563. The van der Waals surface area contributed by atoms with Crippen molar-refractivity contribution < 1.29 is 9.15 Å². The van der Waals surface area contributed by atoms with Gasteiger partial charge < -0.3 is 14.5 Å². The average molecular weight is 347 g/mol. The topological polar surface area (TPSA) is 88.9 Å². The summed E-state index contributed by atoms with van der Waals surface area (Å²) in [5, 5.41) is 10.4. The second kappa shape index (κ2) is 6.72. The Morgan fingerprint density at radius 2 is 2.00 bits per heavy atom. The van der Waals surface area contributed by atoms with Crippen molar-refractivity contribution in [1.82, 2.24) is 20.2 Å². The molecule has 7 heteroatoms. The average Bonchev–Trinajstić information content (AvgIpc) is 3.34. The summed E-state index contributed by atoms with van der Waals surface area (Å²) in [6, 6.07) is 13.7. The summed E-state index contributed by atoms with van der Waals surface area (Å²) >= 11 is 0. The second-order valence-electron chi connectivity index (χ2n) is 5.73. The molecule has 7 nitrogen and oxygen atoms in total. The normalized spacial score (nSPS) is 10.7. The molecule has 2 aromatic carbocycles. The van der Waals surface area contributed by atoms with Crippen LogP contribution in [0.3, 0.4) is 0 Å². The predicted molar refractivity (Wildman–Crippen MR) is 98.3 cm³/mol. The Labute approximate surface area is 150 Å². The fraction of sp³-hybridized carbons (Fsp3) is 0.105. The van der Waals surface area contributed by atoms with Crippen LogP contribution >= 0.6 is 0 Å². The maximum atomic E-state index is 5.46. The molecule has 26 heavy (non-hydrogen) atoms. The highest BCUT2D eigenvalue weighted by Gasteiger charge is 2.12. The lowest BCUT2D eigenvalue weighted by atomic mass is 10.1. The fourth-order valence-corrected chi connectivity index (χ4v) is 2.73. The number of aromatic nitrogens is 4. The Morgan fingerprint density at radius 3 is 2.77 bits per heavy atom. The molecule has 0 saturated carbocycles. The first-order valence-electron chi connectivity index (χ1n) is 8.07. The van der Waals surface area contributed by atoms with Crippen molar-refractivity contribution in [3.63, 3.8) is 0 Å². The minimum atomic E-state index is 0.484. The van der Waals surface area contributed by atoms with Crippen molar-refractivity contribution >= 4 is 11.6 Å². The van der Waals surface area contributed by atoms with Gasteiger partial charge in [0.15, 0.2) is 18.0 Å². The molecule has 2 heterocycles. The van der Waals surface area contributed by atoms with Gasteiger partial charge in [0.1, 0.15) is 5.75 Å². The van der Waals surface area contributed by atoms with Gasteiger partial charge in [-0.15, -0.1) is 5.10 Å². The summed E-state index contributed by atoms with van der Waals surface area (Å²) in [7, 11) is 1.61. The summed E-state index contributed by atoms with van der Waals surface area (Å²) < 4.78 is 10.8. The van der Waals surface area contributed by atoms with Crippen LogP contribution in [0.4, 0.5) is 11.6 Å². The maximum Gasteiger partial charge on any atom is 0.246 e. The zero-order valence-electron chi connectivity index (χ0n) is 14.4. The first-order valence-corrected chi connectivity index (χ1v) is 8.07. The molecule has 2 aromatic heterocycles. The van der Waals surface area contributed by atoms with E-state index in [-0.39, 0.29) is 0 Å². The van der Waals surface area contributed by atoms with E-state index in [4.69, 9.17) is 9.15 Å². The van der Waals surface area contributed by atoms with E-state index in [1.165, 1.54) is 6.39 Å². The molecular weight excluding hydrogens is 330 g/mol. The molecule has 0 fully saturated rings. The Hall–Kier alpha value is -3.61. The number of hydrogen-bond acceptors (Lipinski definition) is 6. The molecule has 0 spiro atoms. The summed E-state index contributed by atoms with van der Waals surface area (Å²) in [6.07, 6.45) is 3.04. The zero-order valence-corrected chi connectivity index (χ0v) is 14.4. The summed E-state index contributed by atoms with van der Waals surface area (Å²) in [5.41, 5.74) is 3.78. The first kappa shape index (κ1) is 15.9. The van der Waals surface area contributed by atoms with Crippen LogP contribution in [0, 0.1) is 6.92 Å². The minimum absolute atomic E-state index is 0.484. The largest absolute Gasteiger partial charge is 0.496 e. The maximum absolute atomic E-state index is 5.46. The van der Waals surface area contributed by atoms with Crippen LogP contribution < -0.4 is 10.1 Å². The van der Waals surface area contributed by atoms with Crippen LogP contribution in [0.15, 0.2) is 59.5 Å². The number of rotatable bonds is 5. The summed E-state index contributed by atoms with van der Waals surface area (Å²) in [4.78, 5) is 8.46. The number of benzene rings is 2. The van der Waals surface area contributed by atoms with Gasteiger partial charge in [-0.2, -0.15) is 4.98 Å². The van der Waals surface area contributed by atoms with Crippen molar-refractivity contribution in [2.45, 2.75) is 6.92 Å². The number of methoxy groups -OCH3 is 1. The van der Waals surface area contributed by atoms with Gasteiger partial charge in [-0.25, -0.2) is 4.98 Å². The second-order valence-corrected chi connectivity index (χ2v) is 5.73. The molecule has 0 radical (unpaired) electrons. The van der Waals surface area contributed by atoms with Gasteiger partial charge in [0, 0.05) is 17.3 Å². The Kier molecular flexibility index (Phi) is 4.10. The van der Waals surface area contributed by atoms with Crippen molar-refractivity contribution in [3.05, 3.63) is 60.6 Å². The van der Waals surface area contributed by atoms with Crippen LogP contribution in [-0.4, -0.2) is 27.3 Å². The third-order valence-corrected chi connectivity index (χ3v) is 4.04. The Balaban J connectivity index is 1.59. The number of aromatic amines is 1. The van der Waals surface area contributed by atoms with Crippen LogP contribution in [-0.2, 0) is 0 Å². The van der Waals surface area contributed by atoms with Gasteiger partial charge in [-0.1, -0.05) is 24.3 Å². The molecule has 0 bridgehead atoms. The molecule has 130 valence electrons. The van der Waals surface area contributed by atoms with E-state index in [0.717, 1.165) is 28.2 Å². The number of anilines is 2. The number of nitrogens with one attached hydrogen (secondary N) is 2. The van der Waals surface area contributed by atoms with E-state index in [1.54, 1.807) is 13.3 Å². The predicted octanol–water partition coefficient (Wildman–Crippen LogP) is 4.19. The van der Waals surface area contributed by atoms with Gasteiger partial charge in [-0.3, -0.25) is 5.10 Å². The molecular formula is C19H17N5O2. The monoisotopic (exact) mass is 347 g/mol. The summed E-state index contributed by atoms with van der Waals surface area (Å²) in [6.45, 7) is 2.04. The van der Waals surface area contributed by atoms with Crippen LogP contribution in [0.5, 0.6) is 5.75 Å². The molecule has 0 saturated heterocycles. The van der Waals surface area contributed by atoms with Gasteiger partial charge in [-0.05, 0) is 24.6 Å². The van der Waals surface area contributed by atoms with Gasteiger partial charge in [0.2, 0.25) is 5.95 Å². The molecule has 0 atom stereocenters. The van der Waals surface area contributed by atoms with Gasteiger partial charge in [0.25, 0.3) is 0 Å². The SMILES string of the molecule is COc1cc(Nc2n[nH]c(-c3ccccc3C)n2)ccc1-c1cnco1. The van der Waals surface area contributed by atoms with E-state index >= 15 is 0 Å². The Bertz CT molecular complexity index is 1020. The lowest BCUT2D eigenvalue weighted by molar-refractivity contribution is 0.415. The number of aryl methyl sites for hydroxylation is 1. The van der Waals surface area contributed by atoms with Crippen LogP contribution in [0.1, 0.15) is 5.56 Å². The fourth-order valence-electron chi connectivity index (χ4n) is 2.73. The number of H-pyrrole nitrogens is 1. The highest BCUT2D eigenvalue weighted by Crippen LogP contribution is 2.33. The van der Waals surface area contributed by atoms with E-state index < -0.39 is 0 Å². The number of nitrogens with zero attached hydrogens (tertiary/aromatic N) is 3. The molecule has 4 aromatic rings. The van der Waals surface area contributed by atoms with Gasteiger partial charge in [0.05, 0.1) is 18.9 Å². The van der Waals surface area contributed by atoms with E-state index in [1.807, 2.05) is 49.4 Å². The van der Waals surface area contributed by atoms with E-state index in [2.05, 4.69) is 25.5 Å². The third kappa shape index (κ3) is 3.02. The molecule has 2 N–H and O–H groups in total. The molecule has 4 rings (SSSR count). The van der Waals surface area contributed by atoms with Crippen molar-refractivity contribution in [2.75, 3.05) is 12.4 Å². The number of ether oxygens (including phenoxy) is 1. The molecule has 0 amide bonds. The lowest BCUT2D eigenvalue weighted by Gasteiger charge is -2.09. The number of oxazole rings is 1. The highest BCUT2D eigenvalue weighted by molar-refractivity contribution is 5.71. The smallest absolute Gasteiger partial charge is 0.246 e. The molecule has 0 aliphatic carbocycles. The van der Waals surface area contributed by atoms with Crippen LogP contribution in [0.25, 0.3) is 22.7 Å². The molecule has 0 unspecified atom stereocenters. The van der Waals surface area contributed by atoms with E-state index in [9.17, 15) is 0 Å². The van der Waals surface area contributed by atoms with Crippen molar-refractivity contribution in [3.8, 4) is 28.5 Å². The minimum Gasteiger partial charge on any atom is -0.496 e. The van der Waals surface area contributed by atoms with Gasteiger partial charge >= 0.3 is 0 Å². The zero-order chi connectivity index (χ0) is 17.9. The third-order valence-electron chi connectivity index (χ3n) is 4.04. The lowest BCUT2D eigenvalue weighted by Crippen LogP contribution is -1.95. The summed E-state index contributed by atoms with van der Waals surface area (Å²) in [5.74, 6) is 2.52. The molecule has 0 aliphatic rings.